The first kappa shape index (κ1) is 23.2. The number of carbonyl (C=O) groups excluding carboxylic acids is 4. The molecule has 3 rings (SSSR count). The van der Waals surface area contributed by atoms with Crippen molar-refractivity contribution < 1.29 is 23.9 Å². The van der Waals surface area contributed by atoms with E-state index in [0.29, 0.717) is 30.5 Å². The van der Waals surface area contributed by atoms with Crippen LogP contribution in [0.2, 0.25) is 0 Å². The summed E-state index contributed by atoms with van der Waals surface area (Å²) in [5, 5.41) is 9.28. The van der Waals surface area contributed by atoms with E-state index in [1.807, 2.05) is 13.8 Å². The van der Waals surface area contributed by atoms with Gasteiger partial charge in [-0.15, -0.1) is 0 Å². The van der Waals surface area contributed by atoms with Crippen molar-refractivity contribution in [3.05, 3.63) is 29.1 Å². The molecule has 1 aliphatic carbocycles. The van der Waals surface area contributed by atoms with Crippen molar-refractivity contribution in [1.82, 2.24) is 21.0 Å². The lowest BCUT2D eigenvalue weighted by Gasteiger charge is -2.42. The van der Waals surface area contributed by atoms with E-state index in [2.05, 4.69) is 26.1 Å². The molecule has 1 fully saturated rings. The zero-order valence-corrected chi connectivity index (χ0v) is 18.4. The highest BCUT2D eigenvalue weighted by molar-refractivity contribution is 6.35. The summed E-state index contributed by atoms with van der Waals surface area (Å²) in [6.45, 7) is 3.68. The first-order valence-corrected chi connectivity index (χ1v) is 10.5. The molecule has 1 aromatic heterocycles. The number of ether oxygens (including phenoxy) is 1. The van der Waals surface area contributed by atoms with Gasteiger partial charge in [0.1, 0.15) is 11.4 Å². The molecule has 172 valence electrons. The molecule has 1 atom stereocenters. The molecule has 2 aliphatic rings. The number of rotatable bonds is 5. The number of likely N-dealkylation sites (N-methyl/N-ethyl adjacent to an activating group) is 1. The molecular weight excluding hydrogens is 416 g/mol. The normalized spacial score (nSPS) is 23.4. The van der Waals surface area contributed by atoms with Crippen molar-refractivity contribution in [2.75, 3.05) is 7.05 Å². The summed E-state index contributed by atoms with van der Waals surface area (Å²) in [5.41, 5.74) is 8.94. The van der Waals surface area contributed by atoms with Crippen molar-refractivity contribution >= 4 is 29.5 Å². The van der Waals surface area contributed by atoms with Crippen molar-refractivity contribution in [2.24, 2.45) is 16.8 Å². The first-order valence-electron chi connectivity index (χ1n) is 10.5. The molecule has 1 saturated carbocycles. The van der Waals surface area contributed by atoms with Gasteiger partial charge in [0, 0.05) is 24.8 Å². The topological polar surface area (TPSA) is 165 Å². The van der Waals surface area contributed by atoms with E-state index in [0.717, 1.165) is 18.4 Å². The van der Waals surface area contributed by atoms with Gasteiger partial charge >= 0.3 is 17.9 Å². The van der Waals surface area contributed by atoms with Crippen LogP contribution in [0.25, 0.3) is 0 Å². The minimum Gasteiger partial charge on any atom is -0.435 e. The van der Waals surface area contributed by atoms with E-state index >= 15 is 0 Å². The van der Waals surface area contributed by atoms with Gasteiger partial charge in [0.05, 0.1) is 0 Å². The second kappa shape index (κ2) is 9.33. The lowest BCUT2D eigenvalue weighted by atomic mass is 9.72. The quantitative estimate of drug-likeness (QED) is 0.483. The molecule has 5 N–H and O–H groups in total. The predicted octanol–water partition coefficient (Wildman–Crippen LogP) is 0.503. The molecule has 11 heteroatoms. The Hall–Kier alpha value is -3.50. The average Bonchev–Trinajstić information content (AvgIpc) is 2.75. The van der Waals surface area contributed by atoms with Crippen LogP contribution in [0.3, 0.4) is 0 Å². The maximum atomic E-state index is 12.0. The number of hydrazone groups is 1. The van der Waals surface area contributed by atoms with Gasteiger partial charge in [-0.1, -0.05) is 0 Å². The number of nitrogens with zero attached hydrogens (tertiary/aromatic N) is 2. The molecule has 0 aromatic carbocycles. The van der Waals surface area contributed by atoms with Crippen molar-refractivity contribution in [1.29, 1.82) is 0 Å². The number of aromatic nitrogens is 1. The monoisotopic (exact) mass is 444 g/mol. The van der Waals surface area contributed by atoms with Crippen molar-refractivity contribution in [3.8, 4) is 0 Å². The summed E-state index contributed by atoms with van der Waals surface area (Å²) < 4.78 is 5.76. The maximum Gasteiger partial charge on any atom is 0.428 e. The van der Waals surface area contributed by atoms with E-state index in [1.165, 1.54) is 13.2 Å². The third-order valence-electron chi connectivity index (χ3n) is 6.01. The molecule has 0 saturated heterocycles. The van der Waals surface area contributed by atoms with Gasteiger partial charge in [-0.25, -0.2) is 10.2 Å². The molecule has 1 aliphatic heterocycles. The second-order valence-corrected chi connectivity index (χ2v) is 8.34. The van der Waals surface area contributed by atoms with Crippen LogP contribution in [-0.2, 0) is 14.3 Å². The fraction of sp³-hybridized carbons (Fsp3) is 0.524. The Morgan fingerprint density at radius 2 is 2.00 bits per heavy atom. The van der Waals surface area contributed by atoms with Crippen LogP contribution in [0.1, 0.15) is 60.6 Å². The largest absolute Gasteiger partial charge is 0.435 e. The van der Waals surface area contributed by atoms with Crippen LogP contribution in [0.15, 0.2) is 17.4 Å². The number of aryl methyl sites for hydroxylation is 1. The van der Waals surface area contributed by atoms with Gasteiger partial charge in [0.25, 0.3) is 5.91 Å². The highest BCUT2D eigenvalue weighted by Crippen LogP contribution is 2.40. The smallest absolute Gasteiger partial charge is 0.428 e. The number of primary amides is 1. The second-order valence-electron chi connectivity index (χ2n) is 8.34. The number of hydrogen-bond acceptors (Lipinski definition) is 7. The average molecular weight is 444 g/mol. The maximum absolute atomic E-state index is 12.0. The van der Waals surface area contributed by atoms with Crippen LogP contribution in [-0.4, -0.2) is 53.2 Å². The molecule has 0 bridgehead atoms. The van der Waals surface area contributed by atoms with E-state index in [-0.39, 0.29) is 17.7 Å². The Morgan fingerprint density at radius 1 is 1.31 bits per heavy atom. The summed E-state index contributed by atoms with van der Waals surface area (Å²) in [6, 6.07) is 1.42. The van der Waals surface area contributed by atoms with Gasteiger partial charge in [0.2, 0.25) is 0 Å². The van der Waals surface area contributed by atoms with Crippen LogP contribution in [0.5, 0.6) is 0 Å². The fourth-order valence-electron chi connectivity index (χ4n) is 4.38. The Kier molecular flexibility index (Phi) is 6.75. The number of nitrogens with two attached hydrogens (primary N) is 1. The Morgan fingerprint density at radius 3 is 2.59 bits per heavy atom. The van der Waals surface area contributed by atoms with Gasteiger partial charge in [-0.2, -0.15) is 5.10 Å². The Bertz CT molecular complexity index is 967. The predicted molar refractivity (Wildman–Crippen MR) is 115 cm³/mol. The van der Waals surface area contributed by atoms with E-state index < -0.39 is 29.4 Å². The van der Waals surface area contributed by atoms with Gasteiger partial charge in [0.15, 0.2) is 5.60 Å². The van der Waals surface area contributed by atoms with Crippen LogP contribution in [0, 0.1) is 12.8 Å². The lowest BCUT2D eigenvalue weighted by Crippen LogP contribution is -2.53. The number of carbonyl (C=O) groups is 4. The first-order chi connectivity index (χ1) is 15.1. The zero-order chi connectivity index (χ0) is 23.5. The van der Waals surface area contributed by atoms with E-state index in [9.17, 15) is 19.2 Å². The zero-order valence-electron chi connectivity index (χ0n) is 18.4. The van der Waals surface area contributed by atoms with Crippen LogP contribution < -0.4 is 21.8 Å². The van der Waals surface area contributed by atoms with Crippen molar-refractivity contribution in [2.45, 2.75) is 57.6 Å². The summed E-state index contributed by atoms with van der Waals surface area (Å²) in [7, 11) is 1.41. The standard InChI is InChI=1S/C21H28N6O5/c1-11-8-15(17(22)28)24-10-14(11)16-21(32-20(31)27-26-16)6-4-13(5-7-21)9-12(2)25-19(30)18(29)23-3/h8,10,12-13H,4-7,9H2,1-3H3,(H2,22,28)(H,23,29)(H,25,30)(H,27,31)/t12-,13?,21?/m0/s1. The third kappa shape index (κ3) is 4.87. The molecule has 32 heavy (non-hydrogen) atoms. The minimum absolute atomic E-state index is 0.151. The Labute approximate surface area is 185 Å². The van der Waals surface area contributed by atoms with E-state index in [1.54, 1.807) is 6.07 Å². The molecule has 1 aromatic rings. The number of pyridine rings is 1. The summed E-state index contributed by atoms with van der Waals surface area (Å²) >= 11 is 0. The number of hydrogen-bond donors (Lipinski definition) is 4. The summed E-state index contributed by atoms with van der Waals surface area (Å²) in [4.78, 5) is 50.7. The van der Waals surface area contributed by atoms with Crippen LogP contribution >= 0.6 is 0 Å². The highest BCUT2D eigenvalue weighted by atomic mass is 16.6. The molecular formula is C21H28N6O5. The van der Waals surface area contributed by atoms with Crippen LogP contribution in [0.4, 0.5) is 4.79 Å². The Balaban J connectivity index is 1.72. The highest BCUT2D eigenvalue weighted by Gasteiger charge is 2.46. The summed E-state index contributed by atoms with van der Waals surface area (Å²) in [5.74, 6) is -1.67. The molecule has 1 spiro atoms. The molecule has 0 radical (unpaired) electrons. The summed E-state index contributed by atoms with van der Waals surface area (Å²) in [6.07, 6.45) is 4.22. The molecule has 2 heterocycles. The molecule has 0 unspecified atom stereocenters. The SMILES string of the molecule is CNC(=O)C(=O)N[C@@H](C)CC1CCC2(CC1)OC(=O)NN=C2c1cnc(C(N)=O)cc1C. The van der Waals surface area contributed by atoms with Crippen molar-refractivity contribution in [3.63, 3.8) is 0 Å². The molecule has 4 amide bonds. The minimum atomic E-state index is -0.895. The number of amides is 4. The third-order valence-corrected chi connectivity index (χ3v) is 6.01. The van der Waals surface area contributed by atoms with E-state index in [4.69, 9.17) is 10.5 Å². The van der Waals surface area contributed by atoms with Gasteiger partial charge in [-0.05, 0) is 63.5 Å². The van der Waals surface area contributed by atoms with Gasteiger partial charge in [-0.3, -0.25) is 19.4 Å². The fourth-order valence-corrected chi connectivity index (χ4v) is 4.38. The number of nitrogens with one attached hydrogen (secondary N) is 3. The lowest BCUT2D eigenvalue weighted by molar-refractivity contribution is -0.139. The molecule has 11 nitrogen and oxygen atoms in total. The van der Waals surface area contributed by atoms with Gasteiger partial charge < -0.3 is 21.1 Å².